The molecule has 0 radical (unpaired) electrons. The third-order valence-corrected chi connectivity index (χ3v) is 6.26. The second kappa shape index (κ2) is 11.5. The lowest BCUT2D eigenvalue weighted by Gasteiger charge is -2.29. The number of nitriles is 1. The summed E-state index contributed by atoms with van der Waals surface area (Å²) in [7, 11) is 0. The molecule has 0 aliphatic carbocycles. The summed E-state index contributed by atoms with van der Waals surface area (Å²) >= 11 is 0. The summed E-state index contributed by atoms with van der Waals surface area (Å²) < 4.78 is 11.2. The molecular weight excluding hydrogens is 474 g/mol. The minimum absolute atomic E-state index is 0.0304. The van der Waals surface area contributed by atoms with Crippen LogP contribution < -0.4 is 10.1 Å². The minimum Gasteiger partial charge on any atom is -0.490 e. The molecule has 0 unspecified atom stereocenters. The molecule has 37 heavy (non-hydrogen) atoms. The molecule has 1 atom stereocenters. The van der Waals surface area contributed by atoms with Gasteiger partial charge in [0, 0.05) is 30.8 Å². The first kappa shape index (κ1) is 26.3. The zero-order chi connectivity index (χ0) is 26.5. The van der Waals surface area contributed by atoms with Gasteiger partial charge in [-0.05, 0) is 62.1 Å². The van der Waals surface area contributed by atoms with Crippen LogP contribution in [0.5, 0.6) is 5.75 Å². The van der Waals surface area contributed by atoms with Gasteiger partial charge in [0.1, 0.15) is 11.8 Å². The highest BCUT2D eigenvalue weighted by molar-refractivity contribution is 5.78. The molecule has 2 aromatic carbocycles. The number of hydrogen-bond acceptors (Lipinski definition) is 9. The summed E-state index contributed by atoms with van der Waals surface area (Å²) in [5.41, 5.74) is 5.33. The van der Waals surface area contributed by atoms with Crippen molar-refractivity contribution in [2.75, 3.05) is 26.2 Å². The van der Waals surface area contributed by atoms with Crippen molar-refractivity contribution in [3.8, 4) is 34.7 Å². The van der Waals surface area contributed by atoms with Crippen LogP contribution in [0, 0.1) is 18.3 Å². The zero-order valence-corrected chi connectivity index (χ0v) is 21.2. The molecule has 10 heteroatoms. The fourth-order valence-electron chi connectivity index (χ4n) is 4.39. The second-order valence-corrected chi connectivity index (χ2v) is 9.39. The Morgan fingerprint density at radius 1 is 1.32 bits per heavy atom. The lowest BCUT2D eigenvalue weighted by atomic mass is 9.91. The van der Waals surface area contributed by atoms with Gasteiger partial charge in [-0.3, -0.25) is 9.69 Å². The molecule has 4 rings (SSSR count). The first-order valence-corrected chi connectivity index (χ1v) is 12.2. The summed E-state index contributed by atoms with van der Waals surface area (Å²) in [5.74, 6) is 1.12. The van der Waals surface area contributed by atoms with Gasteiger partial charge in [-0.1, -0.05) is 17.3 Å². The molecule has 0 saturated heterocycles. The Bertz CT molecular complexity index is 1310. The van der Waals surface area contributed by atoms with Crippen LogP contribution >= 0.6 is 0 Å². The predicted octanol–water partition coefficient (Wildman–Crippen LogP) is 2.20. The van der Waals surface area contributed by atoms with E-state index in [1.165, 1.54) is 5.56 Å². The Kier molecular flexibility index (Phi) is 8.18. The van der Waals surface area contributed by atoms with E-state index in [0.29, 0.717) is 41.7 Å². The summed E-state index contributed by atoms with van der Waals surface area (Å²) in [6.07, 6.45) is -0.228. The van der Waals surface area contributed by atoms with Gasteiger partial charge in [-0.15, -0.1) is 0 Å². The highest BCUT2D eigenvalue weighted by Crippen LogP contribution is 2.32. The molecule has 0 fully saturated rings. The Hall–Kier alpha value is -3.78. The molecule has 1 aliphatic rings. The maximum Gasteiger partial charge on any atom is 0.258 e. The largest absolute Gasteiger partial charge is 0.490 e. The predicted molar refractivity (Wildman–Crippen MR) is 135 cm³/mol. The average molecular weight is 506 g/mol. The third kappa shape index (κ3) is 6.14. The summed E-state index contributed by atoms with van der Waals surface area (Å²) in [4.78, 5) is 18.8. The topological polar surface area (TPSA) is 145 Å². The molecule has 2 heterocycles. The van der Waals surface area contributed by atoms with Crippen LogP contribution in [0.15, 0.2) is 34.9 Å². The molecule has 0 saturated carbocycles. The highest BCUT2D eigenvalue weighted by atomic mass is 16.5. The van der Waals surface area contributed by atoms with E-state index in [0.717, 1.165) is 23.1 Å². The smallest absolute Gasteiger partial charge is 0.258 e. The molecule has 3 N–H and O–H groups in total. The fraction of sp³-hybridized carbons (Fsp3) is 0.407. The molecule has 3 aromatic rings. The molecule has 0 spiro atoms. The Morgan fingerprint density at radius 2 is 2.14 bits per heavy atom. The van der Waals surface area contributed by atoms with Crippen molar-refractivity contribution < 1.29 is 24.3 Å². The standard InChI is InChI=1S/C27H31N5O5/c1-16(2)36-24-7-5-18(10-20(24)11-28)27-30-26(31-37-27)23-6-4-19-13-32(9-8-22(19)17(23)3)14-25(35)29-12-21(34)15-33/h4-7,10,16,21,33-34H,8-9,12-15H2,1-3H3,(H,29,35)/t21-/m0/s1. The Labute approximate surface area is 215 Å². The second-order valence-electron chi connectivity index (χ2n) is 9.39. The van der Waals surface area contributed by atoms with Gasteiger partial charge in [-0.2, -0.15) is 10.2 Å². The van der Waals surface area contributed by atoms with Crippen LogP contribution in [0.1, 0.15) is 36.1 Å². The number of aromatic nitrogens is 2. The number of hydrogen-bond donors (Lipinski definition) is 3. The van der Waals surface area contributed by atoms with E-state index >= 15 is 0 Å². The number of rotatable bonds is 9. The lowest BCUT2D eigenvalue weighted by molar-refractivity contribution is -0.123. The van der Waals surface area contributed by atoms with E-state index in [-0.39, 0.29) is 31.7 Å². The van der Waals surface area contributed by atoms with Crippen LogP contribution in [0.4, 0.5) is 0 Å². The Balaban J connectivity index is 1.48. The van der Waals surface area contributed by atoms with Crippen molar-refractivity contribution in [1.82, 2.24) is 20.4 Å². The number of aliphatic hydroxyl groups excluding tert-OH is 2. The maximum absolute atomic E-state index is 12.2. The van der Waals surface area contributed by atoms with Gasteiger partial charge in [0.2, 0.25) is 11.7 Å². The zero-order valence-electron chi connectivity index (χ0n) is 21.2. The normalized spacial score (nSPS) is 14.2. The van der Waals surface area contributed by atoms with Gasteiger partial charge in [-0.25, -0.2) is 0 Å². The molecule has 1 amide bonds. The van der Waals surface area contributed by atoms with Gasteiger partial charge in [0.25, 0.3) is 5.89 Å². The minimum atomic E-state index is -0.954. The fourth-order valence-corrected chi connectivity index (χ4v) is 4.39. The van der Waals surface area contributed by atoms with Gasteiger partial charge in [0.15, 0.2) is 0 Å². The van der Waals surface area contributed by atoms with Crippen LogP contribution in [0.25, 0.3) is 22.8 Å². The lowest BCUT2D eigenvalue weighted by Crippen LogP contribution is -2.42. The number of carbonyl (C=O) groups is 1. The van der Waals surface area contributed by atoms with E-state index in [4.69, 9.17) is 14.4 Å². The molecule has 194 valence electrons. The number of fused-ring (bicyclic) bond motifs is 1. The van der Waals surface area contributed by atoms with E-state index in [9.17, 15) is 15.2 Å². The number of amides is 1. The first-order chi connectivity index (χ1) is 17.8. The monoisotopic (exact) mass is 505 g/mol. The number of nitrogens with zero attached hydrogens (tertiary/aromatic N) is 4. The van der Waals surface area contributed by atoms with Crippen molar-refractivity contribution in [2.45, 2.75) is 45.9 Å². The van der Waals surface area contributed by atoms with Crippen molar-refractivity contribution in [3.63, 3.8) is 0 Å². The summed E-state index contributed by atoms with van der Waals surface area (Å²) in [6.45, 7) is 7.05. The van der Waals surface area contributed by atoms with Crippen molar-refractivity contribution >= 4 is 5.91 Å². The van der Waals surface area contributed by atoms with E-state index in [1.54, 1.807) is 18.2 Å². The number of ether oxygens (including phenoxy) is 1. The maximum atomic E-state index is 12.2. The van der Waals surface area contributed by atoms with E-state index < -0.39 is 6.10 Å². The van der Waals surface area contributed by atoms with Crippen molar-refractivity contribution in [1.29, 1.82) is 5.26 Å². The molecule has 10 nitrogen and oxygen atoms in total. The molecule has 1 aromatic heterocycles. The third-order valence-electron chi connectivity index (χ3n) is 6.26. The van der Waals surface area contributed by atoms with Crippen LogP contribution in [0.3, 0.4) is 0 Å². The Morgan fingerprint density at radius 3 is 2.86 bits per heavy atom. The van der Waals surface area contributed by atoms with Crippen molar-refractivity contribution in [3.05, 3.63) is 52.6 Å². The molecule has 1 aliphatic heterocycles. The summed E-state index contributed by atoms with van der Waals surface area (Å²) in [5, 5.41) is 34.6. The number of aliphatic hydroxyl groups is 2. The highest BCUT2D eigenvalue weighted by Gasteiger charge is 2.23. The molecule has 0 bridgehead atoms. The van der Waals surface area contributed by atoms with E-state index in [2.05, 4.69) is 21.5 Å². The summed E-state index contributed by atoms with van der Waals surface area (Å²) in [6, 6.07) is 11.4. The van der Waals surface area contributed by atoms with Crippen LogP contribution in [0.2, 0.25) is 0 Å². The van der Waals surface area contributed by atoms with Crippen LogP contribution in [-0.2, 0) is 17.8 Å². The van der Waals surface area contributed by atoms with Gasteiger partial charge < -0.3 is 24.8 Å². The first-order valence-electron chi connectivity index (χ1n) is 12.2. The SMILES string of the molecule is Cc1c(-c2noc(-c3ccc(OC(C)C)c(C#N)c3)n2)ccc2c1CCN(CC(=O)NC[C@H](O)CO)C2. The number of carbonyl (C=O) groups excluding carboxylic acids is 1. The van der Waals surface area contributed by atoms with Crippen molar-refractivity contribution in [2.24, 2.45) is 0 Å². The molecular formula is C27H31N5O5. The van der Waals surface area contributed by atoms with Gasteiger partial charge >= 0.3 is 0 Å². The van der Waals surface area contributed by atoms with Crippen LogP contribution in [-0.4, -0.2) is 69.6 Å². The number of nitrogens with one attached hydrogen (secondary N) is 1. The number of benzene rings is 2. The van der Waals surface area contributed by atoms with Gasteiger partial charge in [0.05, 0.1) is 30.9 Å². The quantitative estimate of drug-likeness (QED) is 0.398. The van der Waals surface area contributed by atoms with E-state index in [1.807, 2.05) is 37.8 Å². The average Bonchev–Trinajstić information content (AvgIpc) is 3.37.